The topological polar surface area (TPSA) is 25.2 Å². The van der Waals surface area contributed by atoms with Crippen molar-refractivity contribution in [3.63, 3.8) is 0 Å². The van der Waals surface area contributed by atoms with Gasteiger partial charge in [-0.3, -0.25) is 4.98 Å². The summed E-state index contributed by atoms with van der Waals surface area (Å²) < 4.78 is 0. The van der Waals surface area contributed by atoms with Crippen molar-refractivity contribution >= 4 is 34.7 Å². The lowest BCUT2D eigenvalue weighted by Crippen LogP contribution is -2.13. The van der Waals surface area contributed by atoms with Crippen LogP contribution in [0.15, 0.2) is 41.5 Å². The maximum absolute atomic E-state index is 6.37. The third-order valence-electron chi connectivity index (χ3n) is 5.87. The van der Waals surface area contributed by atoms with Crippen LogP contribution in [0.25, 0.3) is 11.3 Å². The molecule has 2 saturated carbocycles. The van der Waals surface area contributed by atoms with Crippen molar-refractivity contribution in [2.24, 2.45) is 16.8 Å². The van der Waals surface area contributed by atoms with E-state index in [1.165, 1.54) is 50.5 Å². The van der Waals surface area contributed by atoms with Gasteiger partial charge in [-0.1, -0.05) is 48.7 Å². The first kappa shape index (κ1) is 17.9. The van der Waals surface area contributed by atoms with Gasteiger partial charge in [-0.25, -0.2) is 0 Å². The fourth-order valence-corrected chi connectivity index (χ4v) is 4.60. The highest BCUT2D eigenvalue weighted by molar-refractivity contribution is 7.78. The van der Waals surface area contributed by atoms with Gasteiger partial charge in [0.1, 0.15) is 0 Å². The van der Waals surface area contributed by atoms with Gasteiger partial charge in [0.15, 0.2) is 0 Å². The predicted molar refractivity (Wildman–Crippen MR) is 111 cm³/mol. The van der Waals surface area contributed by atoms with E-state index < -0.39 is 0 Å². The van der Waals surface area contributed by atoms with Crippen LogP contribution in [0.5, 0.6) is 0 Å². The van der Waals surface area contributed by atoms with Gasteiger partial charge in [0, 0.05) is 5.56 Å². The van der Waals surface area contributed by atoms with E-state index in [1.54, 1.807) is 12.3 Å². The number of aromatic nitrogens is 1. The molecule has 0 amide bonds. The standard InChI is InChI=1S/C22H23ClN2S/c23-21-12-20(25-14-26)13-24-22(21)19-9-7-18(8-10-19)17-5-3-16(4-6-17)11-15-1-2-15/h7-10,12-13,15-17H,1-6,11H2. The molecular weight excluding hydrogens is 360 g/mol. The number of aliphatic imine (C=N–C) groups is 1. The van der Waals surface area contributed by atoms with Gasteiger partial charge in [0.05, 0.1) is 27.8 Å². The zero-order valence-electron chi connectivity index (χ0n) is 14.8. The lowest BCUT2D eigenvalue weighted by molar-refractivity contribution is 0.299. The molecule has 2 aliphatic rings. The number of halogens is 1. The lowest BCUT2D eigenvalue weighted by atomic mass is 9.77. The summed E-state index contributed by atoms with van der Waals surface area (Å²) in [5, 5.41) is 2.93. The Hall–Kier alpha value is -1.54. The van der Waals surface area contributed by atoms with E-state index in [0.717, 1.165) is 23.1 Å². The van der Waals surface area contributed by atoms with Crippen molar-refractivity contribution in [3.05, 3.63) is 47.1 Å². The van der Waals surface area contributed by atoms with Crippen LogP contribution < -0.4 is 0 Å². The quantitative estimate of drug-likeness (QED) is 0.403. The van der Waals surface area contributed by atoms with Crippen LogP contribution in [-0.2, 0) is 0 Å². The zero-order chi connectivity index (χ0) is 17.9. The number of pyridine rings is 1. The Morgan fingerprint density at radius 1 is 1.04 bits per heavy atom. The Kier molecular flexibility index (Phi) is 5.49. The minimum absolute atomic E-state index is 0.588. The molecule has 1 aromatic carbocycles. The molecule has 0 atom stereocenters. The molecule has 0 radical (unpaired) electrons. The molecule has 2 nitrogen and oxygen atoms in total. The Bertz CT molecular complexity index is 815. The van der Waals surface area contributed by atoms with E-state index in [0.29, 0.717) is 16.6 Å². The van der Waals surface area contributed by atoms with Crippen molar-refractivity contribution in [2.75, 3.05) is 0 Å². The van der Waals surface area contributed by atoms with Crippen LogP contribution in [0, 0.1) is 11.8 Å². The molecule has 2 fully saturated rings. The molecule has 0 saturated heterocycles. The smallest absolute Gasteiger partial charge is 0.0937 e. The van der Waals surface area contributed by atoms with Crippen molar-refractivity contribution in [1.29, 1.82) is 0 Å². The number of hydrogen-bond acceptors (Lipinski definition) is 3. The Morgan fingerprint density at radius 3 is 2.27 bits per heavy atom. The second-order valence-corrected chi connectivity index (χ2v) is 8.34. The number of nitrogens with zero attached hydrogens (tertiary/aromatic N) is 2. The van der Waals surface area contributed by atoms with Gasteiger partial charge in [-0.05, 0) is 73.7 Å². The molecule has 2 aliphatic carbocycles. The summed E-state index contributed by atoms with van der Waals surface area (Å²) in [5.41, 5.74) is 3.92. The van der Waals surface area contributed by atoms with Crippen LogP contribution >= 0.6 is 23.8 Å². The third kappa shape index (κ3) is 4.23. The van der Waals surface area contributed by atoms with E-state index in [2.05, 4.69) is 51.6 Å². The first-order valence-corrected chi connectivity index (χ1v) is 10.4. The number of hydrogen-bond donors (Lipinski definition) is 0. The van der Waals surface area contributed by atoms with Crippen molar-refractivity contribution in [3.8, 4) is 11.3 Å². The Morgan fingerprint density at radius 2 is 1.69 bits per heavy atom. The van der Waals surface area contributed by atoms with Crippen LogP contribution in [0.4, 0.5) is 5.69 Å². The summed E-state index contributed by atoms with van der Waals surface area (Å²) in [6.45, 7) is 0. The van der Waals surface area contributed by atoms with Crippen LogP contribution in [0.3, 0.4) is 0 Å². The van der Waals surface area contributed by atoms with Gasteiger partial charge in [0.25, 0.3) is 0 Å². The summed E-state index contributed by atoms with van der Waals surface area (Å²) in [6, 6.07) is 10.6. The van der Waals surface area contributed by atoms with Crippen molar-refractivity contribution < 1.29 is 0 Å². The van der Waals surface area contributed by atoms with Gasteiger partial charge in [-0.15, -0.1) is 0 Å². The highest BCUT2D eigenvalue weighted by Crippen LogP contribution is 2.43. The van der Waals surface area contributed by atoms with Crippen LogP contribution in [0.2, 0.25) is 5.02 Å². The number of isothiocyanates is 1. The SMILES string of the molecule is S=C=Nc1cnc(-c2ccc(C3CCC(CC4CC4)CC3)cc2)c(Cl)c1. The van der Waals surface area contributed by atoms with Crippen molar-refractivity contribution in [2.45, 2.75) is 50.9 Å². The zero-order valence-corrected chi connectivity index (χ0v) is 16.4. The molecule has 0 spiro atoms. The molecular formula is C22H23ClN2S. The summed E-state index contributed by atoms with van der Waals surface area (Å²) >= 11 is 11.0. The molecule has 2 aromatic rings. The predicted octanol–water partition coefficient (Wildman–Crippen LogP) is 7.21. The van der Waals surface area contributed by atoms with Crippen LogP contribution in [0.1, 0.15) is 56.4 Å². The molecule has 0 N–H and O–H groups in total. The minimum Gasteiger partial charge on any atom is -0.252 e. The molecule has 0 bridgehead atoms. The van der Waals surface area contributed by atoms with Crippen LogP contribution in [-0.4, -0.2) is 10.1 Å². The summed E-state index contributed by atoms with van der Waals surface area (Å²) in [7, 11) is 0. The molecule has 26 heavy (non-hydrogen) atoms. The van der Waals surface area contributed by atoms with Gasteiger partial charge in [0.2, 0.25) is 0 Å². The van der Waals surface area contributed by atoms with E-state index >= 15 is 0 Å². The monoisotopic (exact) mass is 382 g/mol. The number of benzene rings is 1. The van der Waals surface area contributed by atoms with E-state index in [9.17, 15) is 0 Å². The Labute approximate surface area is 165 Å². The summed E-state index contributed by atoms with van der Waals surface area (Å²) in [5.74, 6) is 2.76. The maximum atomic E-state index is 6.37. The molecule has 0 unspecified atom stereocenters. The molecule has 1 aromatic heterocycles. The average molecular weight is 383 g/mol. The summed E-state index contributed by atoms with van der Waals surface area (Å²) in [4.78, 5) is 8.36. The molecule has 4 heteroatoms. The fourth-order valence-electron chi connectivity index (χ4n) is 4.22. The first-order chi connectivity index (χ1) is 12.7. The molecule has 1 heterocycles. The normalized spacial score (nSPS) is 22.7. The molecule has 4 rings (SSSR count). The van der Waals surface area contributed by atoms with Gasteiger partial charge in [-0.2, -0.15) is 4.99 Å². The second kappa shape index (κ2) is 8.00. The van der Waals surface area contributed by atoms with Crippen molar-refractivity contribution in [1.82, 2.24) is 4.98 Å². The summed E-state index contributed by atoms with van der Waals surface area (Å²) in [6.07, 6.45) is 11.6. The largest absolute Gasteiger partial charge is 0.252 e. The van der Waals surface area contributed by atoms with Gasteiger partial charge >= 0.3 is 0 Å². The highest BCUT2D eigenvalue weighted by atomic mass is 35.5. The first-order valence-electron chi connectivity index (χ1n) is 9.56. The van der Waals surface area contributed by atoms with Gasteiger partial charge < -0.3 is 0 Å². The molecule has 134 valence electrons. The average Bonchev–Trinajstić information content (AvgIpc) is 3.47. The maximum Gasteiger partial charge on any atom is 0.0937 e. The number of thiocarbonyl (C=S) groups is 1. The van der Waals surface area contributed by atoms with E-state index in [4.69, 9.17) is 11.6 Å². The third-order valence-corrected chi connectivity index (χ3v) is 6.25. The highest BCUT2D eigenvalue weighted by Gasteiger charge is 2.29. The second-order valence-electron chi connectivity index (χ2n) is 7.75. The van der Waals surface area contributed by atoms with E-state index in [-0.39, 0.29) is 0 Å². The fraction of sp³-hybridized carbons (Fsp3) is 0.455. The minimum atomic E-state index is 0.588. The lowest BCUT2D eigenvalue weighted by Gasteiger charge is -2.29. The number of rotatable bonds is 5. The molecule has 0 aliphatic heterocycles. The Balaban J connectivity index is 1.43. The van der Waals surface area contributed by atoms with E-state index in [1.807, 2.05) is 0 Å².